The van der Waals surface area contributed by atoms with Crippen LogP contribution in [0.15, 0.2) is 46.9 Å². The van der Waals surface area contributed by atoms with Crippen molar-refractivity contribution in [2.24, 2.45) is 0 Å². The lowest BCUT2D eigenvalue weighted by molar-refractivity contribution is -0.132. The number of carbonyl (C=O) groups is 1. The molecule has 1 saturated heterocycles. The van der Waals surface area contributed by atoms with Gasteiger partial charge in [-0.1, -0.05) is 22.0 Å². The smallest absolute Gasteiger partial charge is 0.223 e. The molecule has 148 valence electrons. The summed E-state index contributed by atoms with van der Waals surface area (Å²) in [6.07, 6.45) is 3.22. The van der Waals surface area contributed by atoms with E-state index < -0.39 is 0 Å². The molecule has 4 rings (SSSR count). The number of hydrogen-bond acceptors (Lipinski definition) is 4. The first-order chi connectivity index (χ1) is 13.7. The van der Waals surface area contributed by atoms with Crippen LogP contribution in [0.3, 0.4) is 0 Å². The van der Waals surface area contributed by atoms with Gasteiger partial charge in [0.15, 0.2) is 11.5 Å². The predicted molar refractivity (Wildman–Crippen MR) is 110 cm³/mol. The van der Waals surface area contributed by atoms with Gasteiger partial charge in [0, 0.05) is 17.4 Å². The van der Waals surface area contributed by atoms with Gasteiger partial charge in [-0.15, -0.1) is 0 Å². The van der Waals surface area contributed by atoms with Crippen molar-refractivity contribution in [2.75, 3.05) is 26.4 Å². The summed E-state index contributed by atoms with van der Waals surface area (Å²) in [5.41, 5.74) is 1.13. The number of benzene rings is 2. The Morgan fingerprint density at radius 1 is 1.11 bits per heavy atom. The van der Waals surface area contributed by atoms with E-state index in [9.17, 15) is 4.79 Å². The topological polar surface area (TPSA) is 48.0 Å². The average molecular weight is 446 g/mol. The second-order valence-electron chi connectivity index (χ2n) is 7.05. The normalized spacial score (nSPS) is 18.2. The highest BCUT2D eigenvalue weighted by molar-refractivity contribution is 9.10. The molecule has 0 saturated carbocycles. The molecule has 2 aromatic rings. The molecule has 5 nitrogen and oxygen atoms in total. The molecule has 2 aliphatic rings. The Hall–Kier alpha value is -2.21. The van der Waals surface area contributed by atoms with Gasteiger partial charge >= 0.3 is 0 Å². The second-order valence-corrected chi connectivity index (χ2v) is 7.97. The van der Waals surface area contributed by atoms with Gasteiger partial charge in [-0.05, 0) is 61.2 Å². The first-order valence-electron chi connectivity index (χ1n) is 9.78. The van der Waals surface area contributed by atoms with Gasteiger partial charge in [0.1, 0.15) is 19.0 Å². The zero-order chi connectivity index (χ0) is 19.3. The molecule has 0 aromatic heterocycles. The molecule has 0 aliphatic carbocycles. The first kappa shape index (κ1) is 19.1. The van der Waals surface area contributed by atoms with Gasteiger partial charge < -0.3 is 19.1 Å². The standard InChI is InChI=1S/C22H24BrNO4/c23-17-6-8-18(9-7-17)26-12-2-4-22(25)24-11-1-3-19(24)16-5-10-20-21(15-16)28-14-13-27-20/h5-10,15,19H,1-4,11-14H2. The summed E-state index contributed by atoms with van der Waals surface area (Å²) in [5, 5.41) is 0. The lowest BCUT2D eigenvalue weighted by atomic mass is 10.0. The predicted octanol–water partition coefficient (Wildman–Crippen LogP) is 4.74. The van der Waals surface area contributed by atoms with E-state index in [0.717, 1.165) is 46.7 Å². The minimum Gasteiger partial charge on any atom is -0.494 e. The molecule has 2 heterocycles. The van der Waals surface area contributed by atoms with E-state index in [-0.39, 0.29) is 11.9 Å². The van der Waals surface area contributed by atoms with Crippen molar-refractivity contribution in [3.63, 3.8) is 0 Å². The van der Waals surface area contributed by atoms with E-state index in [1.54, 1.807) is 0 Å². The summed E-state index contributed by atoms with van der Waals surface area (Å²) < 4.78 is 18.1. The summed E-state index contributed by atoms with van der Waals surface area (Å²) in [5.74, 6) is 2.59. The van der Waals surface area contributed by atoms with Crippen LogP contribution >= 0.6 is 15.9 Å². The van der Waals surface area contributed by atoms with Crippen LogP contribution in [0.2, 0.25) is 0 Å². The fourth-order valence-corrected chi connectivity index (χ4v) is 4.03. The Morgan fingerprint density at radius 3 is 2.71 bits per heavy atom. The van der Waals surface area contributed by atoms with Crippen molar-refractivity contribution in [3.05, 3.63) is 52.5 Å². The molecule has 2 aromatic carbocycles. The molecular formula is C22H24BrNO4. The molecule has 6 heteroatoms. The Labute approximate surface area is 173 Å². The number of amides is 1. The van der Waals surface area contributed by atoms with E-state index in [1.807, 2.05) is 41.3 Å². The van der Waals surface area contributed by atoms with E-state index in [1.165, 1.54) is 0 Å². The van der Waals surface area contributed by atoms with Gasteiger partial charge in [0.25, 0.3) is 0 Å². The highest BCUT2D eigenvalue weighted by Crippen LogP contribution is 2.38. The van der Waals surface area contributed by atoms with Crippen molar-refractivity contribution in [2.45, 2.75) is 31.7 Å². The number of ether oxygens (including phenoxy) is 3. The molecule has 0 spiro atoms. The molecule has 1 fully saturated rings. The molecule has 0 N–H and O–H groups in total. The van der Waals surface area contributed by atoms with Crippen LogP contribution in [0.1, 0.15) is 37.3 Å². The van der Waals surface area contributed by atoms with Crippen LogP contribution in [0, 0.1) is 0 Å². The summed E-state index contributed by atoms with van der Waals surface area (Å²) in [4.78, 5) is 14.8. The first-order valence-corrected chi connectivity index (χ1v) is 10.6. The quantitative estimate of drug-likeness (QED) is 0.602. The fourth-order valence-electron chi connectivity index (χ4n) is 3.77. The Bertz CT molecular complexity index is 824. The lowest BCUT2D eigenvalue weighted by Crippen LogP contribution is -2.30. The zero-order valence-electron chi connectivity index (χ0n) is 15.7. The van der Waals surface area contributed by atoms with Gasteiger partial charge in [-0.2, -0.15) is 0 Å². The summed E-state index contributed by atoms with van der Waals surface area (Å²) in [6.45, 7) is 2.51. The zero-order valence-corrected chi connectivity index (χ0v) is 17.3. The highest BCUT2D eigenvalue weighted by atomic mass is 79.9. The number of hydrogen-bond donors (Lipinski definition) is 0. The van der Waals surface area contributed by atoms with E-state index in [2.05, 4.69) is 22.0 Å². The molecule has 2 aliphatic heterocycles. The van der Waals surface area contributed by atoms with E-state index in [4.69, 9.17) is 14.2 Å². The minimum atomic E-state index is 0.121. The van der Waals surface area contributed by atoms with Crippen molar-refractivity contribution in [3.8, 4) is 17.2 Å². The number of likely N-dealkylation sites (tertiary alicyclic amines) is 1. The van der Waals surface area contributed by atoms with E-state index in [0.29, 0.717) is 32.7 Å². The number of halogens is 1. The van der Waals surface area contributed by atoms with Crippen LogP contribution < -0.4 is 14.2 Å². The van der Waals surface area contributed by atoms with E-state index >= 15 is 0 Å². The van der Waals surface area contributed by atoms with Gasteiger partial charge in [-0.3, -0.25) is 4.79 Å². The summed E-state index contributed by atoms with van der Waals surface area (Å²) in [6, 6.07) is 13.9. The fraction of sp³-hybridized carbons (Fsp3) is 0.409. The molecule has 28 heavy (non-hydrogen) atoms. The number of fused-ring (bicyclic) bond motifs is 1. The third-order valence-electron chi connectivity index (χ3n) is 5.14. The SMILES string of the molecule is O=C(CCCOc1ccc(Br)cc1)N1CCCC1c1ccc2c(c1)OCCO2. The Kier molecular flexibility index (Phi) is 6.05. The Morgan fingerprint density at radius 2 is 1.89 bits per heavy atom. The van der Waals surface area contributed by atoms with Gasteiger partial charge in [0.05, 0.1) is 12.6 Å². The molecule has 1 amide bonds. The van der Waals surface area contributed by atoms with Crippen LogP contribution in [-0.4, -0.2) is 37.2 Å². The second kappa shape index (κ2) is 8.86. The third-order valence-corrected chi connectivity index (χ3v) is 5.67. The summed E-state index contributed by atoms with van der Waals surface area (Å²) in [7, 11) is 0. The molecule has 0 bridgehead atoms. The Balaban J connectivity index is 1.31. The maximum absolute atomic E-state index is 12.8. The maximum Gasteiger partial charge on any atom is 0.223 e. The number of carbonyl (C=O) groups excluding carboxylic acids is 1. The van der Waals surface area contributed by atoms with Crippen LogP contribution in [-0.2, 0) is 4.79 Å². The van der Waals surface area contributed by atoms with Gasteiger partial charge in [0.2, 0.25) is 5.91 Å². The molecule has 1 unspecified atom stereocenters. The molecular weight excluding hydrogens is 422 g/mol. The minimum absolute atomic E-state index is 0.121. The highest BCUT2D eigenvalue weighted by Gasteiger charge is 2.30. The third kappa shape index (κ3) is 4.43. The summed E-state index contributed by atoms with van der Waals surface area (Å²) >= 11 is 3.41. The van der Waals surface area contributed by atoms with Crippen molar-refractivity contribution < 1.29 is 19.0 Å². The molecule has 0 radical (unpaired) electrons. The lowest BCUT2D eigenvalue weighted by Gasteiger charge is -2.27. The van der Waals surface area contributed by atoms with Crippen LogP contribution in [0.4, 0.5) is 0 Å². The van der Waals surface area contributed by atoms with Crippen LogP contribution in [0.25, 0.3) is 0 Å². The van der Waals surface area contributed by atoms with Crippen molar-refractivity contribution in [1.29, 1.82) is 0 Å². The molecule has 1 atom stereocenters. The van der Waals surface area contributed by atoms with Gasteiger partial charge in [-0.25, -0.2) is 0 Å². The average Bonchev–Trinajstić information content (AvgIpc) is 3.22. The number of rotatable bonds is 6. The monoisotopic (exact) mass is 445 g/mol. The maximum atomic E-state index is 12.8. The number of nitrogens with zero attached hydrogens (tertiary/aromatic N) is 1. The van der Waals surface area contributed by atoms with Crippen molar-refractivity contribution in [1.82, 2.24) is 4.90 Å². The van der Waals surface area contributed by atoms with Crippen molar-refractivity contribution >= 4 is 21.8 Å². The largest absolute Gasteiger partial charge is 0.494 e. The van der Waals surface area contributed by atoms with Crippen LogP contribution in [0.5, 0.6) is 17.2 Å².